The third-order valence-corrected chi connectivity index (χ3v) is 2.63. The molecule has 13 heavy (non-hydrogen) atoms. The Morgan fingerprint density at radius 2 is 2.23 bits per heavy atom. The van der Waals surface area contributed by atoms with Gasteiger partial charge in [-0.05, 0) is 5.92 Å². The third kappa shape index (κ3) is 2.78. The van der Waals surface area contributed by atoms with E-state index in [-0.39, 0.29) is 0 Å². The summed E-state index contributed by atoms with van der Waals surface area (Å²) >= 11 is 0. The predicted molar refractivity (Wildman–Crippen MR) is 51.7 cm³/mol. The molecule has 3 nitrogen and oxygen atoms in total. The molecule has 0 amide bonds. The van der Waals surface area contributed by atoms with E-state index in [4.69, 9.17) is 4.74 Å². The largest absolute Gasteiger partial charge is 0.383 e. The fourth-order valence-electron chi connectivity index (χ4n) is 1.83. The van der Waals surface area contributed by atoms with Crippen LogP contribution >= 0.6 is 0 Å². The van der Waals surface area contributed by atoms with Gasteiger partial charge < -0.3 is 4.74 Å². The van der Waals surface area contributed by atoms with Gasteiger partial charge in [-0.25, -0.2) is 0 Å². The van der Waals surface area contributed by atoms with Crippen LogP contribution in [0.3, 0.4) is 0 Å². The van der Waals surface area contributed by atoms with Gasteiger partial charge in [-0.15, -0.1) is 0 Å². The number of ether oxygens (including phenoxy) is 1. The second-order valence-electron chi connectivity index (χ2n) is 4.03. The standard InChI is InChI=1S/C10H19NO2/c1-8(2)10(7-13-3)11-5-4-9(12)6-11/h8,10H,4-7H2,1-3H3. The lowest BCUT2D eigenvalue weighted by atomic mass is 10.0. The summed E-state index contributed by atoms with van der Waals surface area (Å²) in [6.45, 7) is 6.60. The lowest BCUT2D eigenvalue weighted by molar-refractivity contribution is -0.117. The van der Waals surface area contributed by atoms with E-state index in [9.17, 15) is 4.79 Å². The molecule has 0 bridgehead atoms. The smallest absolute Gasteiger partial charge is 0.148 e. The summed E-state index contributed by atoms with van der Waals surface area (Å²) in [5, 5.41) is 0. The maximum Gasteiger partial charge on any atom is 0.148 e. The molecule has 0 radical (unpaired) electrons. The normalized spacial score (nSPS) is 21.4. The van der Waals surface area contributed by atoms with Gasteiger partial charge in [0.25, 0.3) is 0 Å². The summed E-state index contributed by atoms with van der Waals surface area (Å²) in [7, 11) is 1.72. The summed E-state index contributed by atoms with van der Waals surface area (Å²) in [6.07, 6.45) is 0.715. The minimum absolute atomic E-state index is 0.363. The van der Waals surface area contributed by atoms with E-state index in [0.717, 1.165) is 13.2 Å². The zero-order valence-corrected chi connectivity index (χ0v) is 8.75. The Balaban J connectivity index is 2.49. The van der Waals surface area contributed by atoms with E-state index in [1.807, 2.05) is 0 Å². The molecule has 1 rings (SSSR count). The lowest BCUT2D eigenvalue weighted by Crippen LogP contribution is -2.40. The van der Waals surface area contributed by atoms with Crippen molar-refractivity contribution in [1.29, 1.82) is 0 Å². The van der Waals surface area contributed by atoms with Crippen molar-refractivity contribution in [2.24, 2.45) is 5.92 Å². The van der Waals surface area contributed by atoms with Crippen molar-refractivity contribution < 1.29 is 9.53 Å². The van der Waals surface area contributed by atoms with Gasteiger partial charge in [-0.2, -0.15) is 0 Å². The number of hydrogen-bond donors (Lipinski definition) is 0. The lowest BCUT2D eigenvalue weighted by Gasteiger charge is -2.29. The highest BCUT2D eigenvalue weighted by molar-refractivity contribution is 5.82. The van der Waals surface area contributed by atoms with Crippen molar-refractivity contribution >= 4 is 5.78 Å². The molecule has 1 atom stereocenters. The number of rotatable bonds is 4. The topological polar surface area (TPSA) is 29.5 Å². The molecule has 1 saturated heterocycles. The number of carbonyl (C=O) groups is 1. The third-order valence-electron chi connectivity index (χ3n) is 2.63. The van der Waals surface area contributed by atoms with Gasteiger partial charge in [0.15, 0.2) is 0 Å². The summed E-state index contributed by atoms with van der Waals surface area (Å²) in [5.41, 5.74) is 0. The molecule has 76 valence electrons. The number of nitrogens with zero attached hydrogens (tertiary/aromatic N) is 1. The molecule has 0 aromatic carbocycles. The molecule has 1 aliphatic rings. The Kier molecular flexibility index (Phi) is 3.88. The number of ketones is 1. The van der Waals surface area contributed by atoms with Crippen LogP contribution in [0.25, 0.3) is 0 Å². The minimum Gasteiger partial charge on any atom is -0.383 e. The van der Waals surface area contributed by atoms with E-state index >= 15 is 0 Å². The highest BCUT2D eigenvalue weighted by atomic mass is 16.5. The van der Waals surface area contributed by atoms with Gasteiger partial charge >= 0.3 is 0 Å². The van der Waals surface area contributed by atoms with E-state index < -0.39 is 0 Å². The van der Waals surface area contributed by atoms with Crippen LogP contribution in [0.4, 0.5) is 0 Å². The van der Waals surface area contributed by atoms with Crippen LogP contribution in [0.1, 0.15) is 20.3 Å². The van der Waals surface area contributed by atoms with Crippen molar-refractivity contribution in [2.75, 3.05) is 26.8 Å². The minimum atomic E-state index is 0.363. The Morgan fingerprint density at radius 3 is 2.62 bits per heavy atom. The van der Waals surface area contributed by atoms with Crippen LogP contribution in [0, 0.1) is 5.92 Å². The van der Waals surface area contributed by atoms with Crippen LogP contribution in [0.5, 0.6) is 0 Å². The molecule has 3 heteroatoms. The van der Waals surface area contributed by atoms with E-state index in [1.54, 1.807) is 7.11 Å². The summed E-state index contributed by atoms with van der Waals surface area (Å²) in [4.78, 5) is 13.3. The quantitative estimate of drug-likeness (QED) is 0.652. The maximum absolute atomic E-state index is 11.1. The van der Waals surface area contributed by atoms with Gasteiger partial charge in [0.05, 0.1) is 13.2 Å². The molecular weight excluding hydrogens is 166 g/mol. The number of methoxy groups -OCH3 is 1. The zero-order valence-electron chi connectivity index (χ0n) is 8.75. The summed E-state index contributed by atoms with van der Waals surface area (Å²) in [5.74, 6) is 0.910. The van der Waals surface area contributed by atoms with Crippen molar-refractivity contribution in [3.63, 3.8) is 0 Å². The SMILES string of the molecule is COCC(C(C)C)N1CCC(=O)C1. The second-order valence-corrected chi connectivity index (χ2v) is 4.03. The first kappa shape index (κ1) is 10.7. The van der Waals surface area contributed by atoms with Gasteiger partial charge in [0, 0.05) is 26.1 Å². The summed E-state index contributed by atoms with van der Waals surface area (Å²) < 4.78 is 5.16. The first-order chi connectivity index (χ1) is 6.15. The van der Waals surface area contributed by atoms with Gasteiger partial charge in [0.1, 0.15) is 5.78 Å². The molecule has 1 fully saturated rings. The molecule has 0 saturated carbocycles. The monoisotopic (exact) mass is 185 g/mol. The van der Waals surface area contributed by atoms with E-state index in [1.165, 1.54) is 0 Å². The maximum atomic E-state index is 11.1. The first-order valence-electron chi connectivity index (χ1n) is 4.90. The fourth-order valence-corrected chi connectivity index (χ4v) is 1.83. The number of Topliss-reactive ketones (excluding diaryl/α,β-unsaturated/α-hetero) is 1. The number of carbonyl (C=O) groups excluding carboxylic acids is 1. The van der Waals surface area contributed by atoms with Crippen LogP contribution in [0.2, 0.25) is 0 Å². The highest BCUT2D eigenvalue weighted by Gasteiger charge is 2.28. The molecule has 1 aliphatic heterocycles. The molecule has 1 heterocycles. The number of hydrogen-bond acceptors (Lipinski definition) is 3. The van der Waals surface area contributed by atoms with Gasteiger partial charge in [-0.3, -0.25) is 9.69 Å². The Morgan fingerprint density at radius 1 is 1.54 bits per heavy atom. The molecular formula is C10H19NO2. The highest BCUT2D eigenvalue weighted by Crippen LogP contribution is 2.16. The Bertz CT molecular complexity index is 180. The first-order valence-corrected chi connectivity index (χ1v) is 4.90. The van der Waals surface area contributed by atoms with Gasteiger partial charge in [-0.1, -0.05) is 13.8 Å². The molecule has 0 aliphatic carbocycles. The van der Waals surface area contributed by atoms with Crippen LogP contribution in [-0.4, -0.2) is 43.5 Å². The summed E-state index contributed by atoms with van der Waals surface area (Å²) in [6, 6.07) is 0.399. The fraction of sp³-hybridized carbons (Fsp3) is 0.900. The van der Waals surface area contributed by atoms with E-state index in [2.05, 4.69) is 18.7 Å². The van der Waals surface area contributed by atoms with Crippen molar-refractivity contribution in [2.45, 2.75) is 26.3 Å². The molecule has 1 unspecified atom stereocenters. The predicted octanol–water partition coefficient (Wildman–Crippen LogP) is 0.932. The molecule has 0 N–H and O–H groups in total. The van der Waals surface area contributed by atoms with Crippen LogP contribution in [0.15, 0.2) is 0 Å². The Labute approximate surface area is 80.1 Å². The average molecular weight is 185 g/mol. The average Bonchev–Trinajstić information content (AvgIpc) is 2.46. The number of likely N-dealkylation sites (tertiary alicyclic amines) is 1. The molecule has 0 aromatic heterocycles. The molecule has 0 aromatic rings. The van der Waals surface area contributed by atoms with Crippen molar-refractivity contribution in [1.82, 2.24) is 4.90 Å². The van der Waals surface area contributed by atoms with Crippen LogP contribution in [-0.2, 0) is 9.53 Å². The Hall–Kier alpha value is -0.410. The second kappa shape index (κ2) is 4.72. The molecule has 0 spiro atoms. The van der Waals surface area contributed by atoms with Crippen molar-refractivity contribution in [3.8, 4) is 0 Å². The van der Waals surface area contributed by atoms with Crippen LogP contribution < -0.4 is 0 Å². The van der Waals surface area contributed by atoms with E-state index in [0.29, 0.717) is 30.7 Å². The zero-order chi connectivity index (χ0) is 9.84. The van der Waals surface area contributed by atoms with Crippen molar-refractivity contribution in [3.05, 3.63) is 0 Å². The van der Waals surface area contributed by atoms with Gasteiger partial charge in [0.2, 0.25) is 0 Å².